The van der Waals surface area contributed by atoms with Crippen molar-refractivity contribution in [1.82, 2.24) is 9.97 Å². The number of fused-ring (bicyclic) bond motifs is 1. The Kier molecular flexibility index (Phi) is 3.61. The lowest BCUT2D eigenvalue weighted by molar-refractivity contribution is 0.585. The van der Waals surface area contributed by atoms with Crippen LogP contribution in [0.25, 0.3) is 33.4 Å². The van der Waals surface area contributed by atoms with Gasteiger partial charge in [0.05, 0.1) is 10.9 Å². The van der Waals surface area contributed by atoms with Crippen molar-refractivity contribution in [3.8, 4) is 22.5 Å². The summed E-state index contributed by atoms with van der Waals surface area (Å²) in [6.07, 6.45) is 0. The first-order valence-corrected chi connectivity index (χ1v) is 7.67. The van der Waals surface area contributed by atoms with Crippen LogP contribution < -0.4 is 5.56 Å². The van der Waals surface area contributed by atoms with Crippen LogP contribution in [0.1, 0.15) is 0 Å². The average molecular weight is 334 g/mol. The van der Waals surface area contributed by atoms with Crippen LogP contribution in [0.5, 0.6) is 0 Å². The number of H-pyrrole nitrogens is 1. The van der Waals surface area contributed by atoms with Gasteiger partial charge >= 0.3 is 0 Å². The van der Waals surface area contributed by atoms with Crippen molar-refractivity contribution in [2.24, 2.45) is 0 Å². The first-order valence-electron chi connectivity index (χ1n) is 7.67. The van der Waals surface area contributed by atoms with E-state index in [2.05, 4.69) is 9.97 Å². The molecule has 1 aromatic heterocycles. The minimum atomic E-state index is -0.642. The first kappa shape index (κ1) is 15.2. The summed E-state index contributed by atoms with van der Waals surface area (Å²) in [5.74, 6) is -0.872. The number of rotatable bonds is 2. The topological polar surface area (TPSA) is 45.8 Å². The Hall–Kier alpha value is -3.34. The third kappa shape index (κ3) is 2.80. The molecule has 0 unspecified atom stereocenters. The standard InChI is InChI=1S/C20H12F2N2O/c21-14-8-9-15(17(22)11-14)12-4-3-5-13(10-12)19-23-18-7-2-1-6-16(18)20(25)24-19/h1-11H,(H,23,24,25). The second-order valence-corrected chi connectivity index (χ2v) is 5.64. The van der Waals surface area contributed by atoms with E-state index in [0.717, 1.165) is 6.07 Å². The molecule has 0 aliphatic heterocycles. The fourth-order valence-corrected chi connectivity index (χ4v) is 2.78. The maximum absolute atomic E-state index is 14.0. The van der Waals surface area contributed by atoms with E-state index in [0.29, 0.717) is 27.9 Å². The zero-order chi connectivity index (χ0) is 17.4. The van der Waals surface area contributed by atoms with Gasteiger partial charge in [-0.3, -0.25) is 4.79 Å². The van der Waals surface area contributed by atoms with Crippen molar-refractivity contribution in [1.29, 1.82) is 0 Å². The molecule has 1 N–H and O–H groups in total. The molecule has 25 heavy (non-hydrogen) atoms. The molecule has 0 radical (unpaired) electrons. The zero-order valence-corrected chi connectivity index (χ0v) is 13.0. The SMILES string of the molecule is O=c1[nH]c(-c2cccc(-c3ccc(F)cc3F)c2)nc2ccccc12. The van der Waals surface area contributed by atoms with Gasteiger partial charge in [-0.25, -0.2) is 13.8 Å². The second kappa shape index (κ2) is 5.94. The Bertz CT molecular complexity index is 1150. The van der Waals surface area contributed by atoms with E-state index in [4.69, 9.17) is 0 Å². The molecule has 1 heterocycles. The highest BCUT2D eigenvalue weighted by atomic mass is 19.1. The molecule has 5 heteroatoms. The fourth-order valence-electron chi connectivity index (χ4n) is 2.78. The Morgan fingerprint density at radius 1 is 0.840 bits per heavy atom. The molecule has 4 rings (SSSR count). The van der Waals surface area contributed by atoms with Crippen LogP contribution in [0.2, 0.25) is 0 Å². The van der Waals surface area contributed by atoms with Crippen LogP contribution >= 0.6 is 0 Å². The van der Waals surface area contributed by atoms with E-state index in [1.54, 1.807) is 42.5 Å². The summed E-state index contributed by atoms with van der Waals surface area (Å²) in [7, 11) is 0. The first-order chi connectivity index (χ1) is 12.1. The van der Waals surface area contributed by atoms with Gasteiger partial charge in [0.1, 0.15) is 17.5 Å². The summed E-state index contributed by atoms with van der Waals surface area (Å²) in [5.41, 5.74) is 1.85. The van der Waals surface area contributed by atoms with Crippen molar-refractivity contribution in [2.45, 2.75) is 0 Å². The number of nitrogens with zero attached hydrogens (tertiary/aromatic N) is 1. The van der Waals surface area contributed by atoms with Crippen molar-refractivity contribution in [3.05, 3.63) is 88.7 Å². The summed E-state index contributed by atoms with van der Waals surface area (Å²) in [6.45, 7) is 0. The lowest BCUT2D eigenvalue weighted by Gasteiger charge is -2.07. The Morgan fingerprint density at radius 3 is 2.48 bits per heavy atom. The van der Waals surface area contributed by atoms with Gasteiger partial charge in [-0.2, -0.15) is 0 Å². The maximum Gasteiger partial charge on any atom is 0.259 e. The Morgan fingerprint density at radius 2 is 1.64 bits per heavy atom. The van der Waals surface area contributed by atoms with Crippen molar-refractivity contribution < 1.29 is 8.78 Å². The molecule has 3 aromatic carbocycles. The summed E-state index contributed by atoms with van der Waals surface area (Å²) < 4.78 is 27.1. The molecule has 0 saturated carbocycles. The van der Waals surface area contributed by atoms with Gasteiger partial charge in [-0.15, -0.1) is 0 Å². The van der Waals surface area contributed by atoms with Crippen molar-refractivity contribution >= 4 is 10.9 Å². The van der Waals surface area contributed by atoms with Gasteiger partial charge < -0.3 is 4.98 Å². The van der Waals surface area contributed by atoms with Gasteiger partial charge in [0, 0.05) is 17.2 Å². The number of hydrogen-bond donors (Lipinski definition) is 1. The summed E-state index contributed by atoms with van der Waals surface area (Å²) in [6, 6.07) is 17.4. The zero-order valence-electron chi connectivity index (χ0n) is 13.0. The molecule has 0 fully saturated rings. The number of para-hydroxylation sites is 1. The molecule has 0 bridgehead atoms. The van der Waals surface area contributed by atoms with Gasteiger partial charge in [0.15, 0.2) is 0 Å². The summed E-state index contributed by atoms with van der Waals surface area (Å²) in [5, 5.41) is 0.506. The Labute approximate surface area is 141 Å². The third-order valence-corrected chi connectivity index (χ3v) is 3.99. The molecule has 122 valence electrons. The Balaban J connectivity index is 1.86. The molecular formula is C20H12F2N2O. The summed E-state index contributed by atoms with van der Waals surface area (Å²) >= 11 is 0. The molecule has 0 aliphatic rings. The number of nitrogens with one attached hydrogen (secondary N) is 1. The normalized spacial score (nSPS) is 11.0. The lowest BCUT2D eigenvalue weighted by Crippen LogP contribution is -2.09. The lowest BCUT2D eigenvalue weighted by atomic mass is 10.0. The van der Waals surface area contributed by atoms with Crippen molar-refractivity contribution in [3.63, 3.8) is 0 Å². The van der Waals surface area contributed by atoms with E-state index in [9.17, 15) is 13.6 Å². The predicted molar refractivity (Wildman–Crippen MR) is 93.2 cm³/mol. The molecule has 0 amide bonds. The highest BCUT2D eigenvalue weighted by Crippen LogP contribution is 2.27. The number of aromatic nitrogens is 2. The highest BCUT2D eigenvalue weighted by Gasteiger charge is 2.10. The smallest absolute Gasteiger partial charge is 0.259 e. The second-order valence-electron chi connectivity index (χ2n) is 5.64. The maximum atomic E-state index is 14.0. The molecule has 3 nitrogen and oxygen atoms in total. The third-order valence-electron chi connectivity index (χ3n) is 3.99. The van der Waals surface area contributed by atoms with Crippen LogP contribution in [0.3, 0.4) is 0 Å². The molecule has 0 atom stereocenters. The predicted octanol–water partition coefficient (Wildman–Crippen LogP) is 4.54. The molecule has 4 aromatic rings. The fraction of sp³-hybridized carbons (Fsp3) is 0. The van der Waals surface area contributed by atoms with E-state index in [1.807, 2.05) is 6.07 Å². The van der Waals surface area contributed by atoms with Gasteiger partial charge in [0.25, 0.3) is 5.56 Å². The van der Waals surface area contributed by atoms with E-state index in [-0.39, 0.29) is 11.1 Å². The monoisotopic (exact) mass is 334 g/mol. The number of benzene rings is 3. The quantitative estimate of drug-likeness (QED) is 0.585. The van der Waals surface area contributed by atoms with Crippen LogP contribution in [0, 0.1) is 11.6 Å². The van der Waals surface area contributed by atoms with E-state index < -0.39 is 11.6 Å². The number of aromatic amines is 1. The molecular weight excluding hydrogens is 322 g/mol. The van der Waals surface area contributed by atoms with Crippen molar-refractivity contribution in [2.75, 3.05) is 0 Å². The minimum absolute atomic E-state index is 0.237. The number of hydrogen-bond acceptors (Lipinski definition) is 2. The van der Waals surface area contributed by atoms with E-state index >= 15 is 0 Å². The van der Waals surface area contributed by atoms with Crippen LogP contribution in [-0.2, 0) is 0 Å². The van der Waals surface area contributed by atoms with Gasteiger partial charge in [0.2, 0.25) is 0 Å². The van der Waals surface area contributed by atoms with Gasteiger partial charge in [-0.05, 0) is 35.9 Å². The van der Waals surface area contributed by atoms with Gasteiger partial charge in [-0.1, -0.05) is 30.3 Å². The highest BCUT2D eigenvalue weighted by molar-refractivity contribution is 5.80. The van der Waals surface area contributed by atoms with E-state index in [1.165, 1.54) is 12.1 Å². The molecule has 0 aliphatic carbocycles. The summed E-state index contributed by atoms with van der Waals surface area (Å²) in [4.78, 5) is 19.4. The minimum Gasteiger partial charge on any atom is -0.306 e. The average Bonchev–Trinajstić information content (AvgIpc) is 2.62. The van der Waals surface area contributed by atoms with Crippen LogP contribution in [-0.4, -0.2) is 9.97 Å². The van der Waals surface area contributed by atoms with Crippen LogP contribution in [0.15, 0.2) is 71.5 Å². The van der Waals surface area contributed by atoms with Crippen LogP contribution in [0.4, 0.5) is 8.78 Å². The molecule has 0 saturated heterocycles. The number of halogens is 2. The largest absolute Gasteiger partial charge is 0.306 e. The molecule has 0 spiro atoms.